The lowest BCUT2D eigenvalue weighted by Crippen LogP contribution is -2.41. The summed E-state index contributed by atoms with van der Waals surface area (Å²) in [6, 6.07) is 26.0. The van der Waals surface area contributed by atoms with Crippen LogP contribution in [-0.2, 0) is 13.0 Å². The van der Waals surface area contributed by atoms with Gasteiger partial charge in [0.25, 0.3) is 5.91 Å². The SMILES string of the molecule is CN1CC(c2ccccc2)n2nc(-c3nnc(Cc4ccc(F)cc4)s3)c(OCc3ccccc3)c2C1=O. The zero-order chi connectivity index (χ0) is 26.1. The van der Waals surface area contributed by atoms with E-state index in [0.29, 0.717) is 35.1 Å². The van der Waals surface area contributed by atoms with E-state index in [4.69, 9.17) is 9.84 Å². The first kappa shape index (κ1) is 24.0. The number of fused-ring (bicyclic) bond motifs is 1. The summed E-state index contributed by atoms with van der Waals surface area (Å²) >= 11 is 1.39. The van der Waals surface area contributed by atoms with E-state index in [1.165, 1.54) is 23.5 Å². The van der Waals surface area contributed by atoms with Gasteiger partial charge >= 0.3 is 0 Å². The summed E-state index contributed by atoms with van der Waals surface area (Å²) in [5.41, 5.74) is 3.84. The molecule has 7 nitrogen and oxygen atoms in total. The molecule has 0 spiro atoms. The Bertz CT molecular complexity index is 1570. The maximum Gasteiger partial charge on any atom is 0.275 e. The molecule has 6 rings (SSSR count). The Morgan fingerprint density at radius 2 is 1.66 bits per heavy atom. The summed E-state index contributed by atoms with van der Waals surface area (Å²) in [7, 11) is 1.79. The fraction of sp³-hybridized carbons (Fsp3) is 0.172. The normalized spacial score (nSPS) is 14.9. The van der Waals surface area contributed by atoms with Gasteiger partial charge in [-0.2, -0.15) is 5.10 Å². The Balaban J connectivity index is 1.42. The van der Waals surface area contributed by atoms with E-state index < -0.39 is 0 Å². The number of halogens is 1. The minimum atomic E-state index is -0.280. The Kier molecular flexibility index (Phi) is 6.43. The summed E-state index contributed by atoms with van der Waals surface area (Å²) in [6.07, 6.45) is 0.514. The smallest absolute Gasteiger partial charge is 0.275 e. The van der Waals surface area contributed by atoms with Gasteiger partial charge in [-0.05, 0) is 28.8 Å². The minimum absolute atomic E-state index is 0.157. The molecule has 0 N–H and O–H groups in total. The van der Waals surface area contributed by atoms with Crippen molar-refractivity contribution >= 4 is 17.2 Å². The summed E-state index contributed by atoms with van der Waals surface area (Å²) < 4.78 is 21.4. The molecule has 9 heteroatoms. The molecule has 0 fully saturated rings. The highest BCUT2D eigenvalue weighted by Gasteiger charge is 2.37. The van der Waals surface area contributed by atoms with Crippen molar-refractivity contribution in [2.24, 2.45) is 0 Å². The lowest BCUT2D eigenvalue weighted by Gasteiger charge is -2.31. The van der Waals surface area contributed by atoms with Crippen LogP contribution in [0.1, 0.15) is 38.2 Å². The van der Waals surface area contributed by atoms with Crippen molar-refractivity contribution in [2.45, 2.75) is 19.1 Å². The van der Waals surface area contributed by atoms with E-state index in [1.54, 1.807) is 28.8 Å². The standard InChI is InChI=1S/C29H24FN5O2S/c1-34-17-23(21-10-6-3-7-11-21)35-26(29(34)36)27(37-18-20-8-4-2-5-9-20)25(33-35)28-32-31-24(38-28)16-19-12-14-22(30)15-13-19/h2-15,23H,16-18H2,1H3. The lowest BCUT2D eigenvalue weighted by atomic mass is 10.0. The third-order valence-corrected chi connectivity index (χ3v) is 7.44. The number of ether oxygens (including phenoxy) is 1. The van der Waals surface area contributed by atoms with Crippen LogP contribution in [0.15, 0.2) is 84.9 Å². The molecule has 3 aromatic carbocycles. The van der Waals surface area contributed by atoms with Crippen LogP contribution >= 0.6 is 11.3 Å². The molecule has 1 amide bonds. The number of aromatic nitrogens is 4. The highest BCUT2D eigenvalue weighted by atomic mass is 32.1. The lowest BCUT2D eigenvalue weighted by molar-refractivity contribution is 0.0717. The number of carbonyl (C=O) groups is 1. The molecule has 1 aliphatic rings. The first-order valence-corrected chi connectivity index (χ1v) is 13.1. The zero-order valence-corrected chi connectivity index (χ0v) is 21.4. The number of nitrogens with zero attached hydrogens (tertiary/aromatic N) is 5. The van der Waals surface area contributed by atoms with Crippen LogP contribution in [0.5, 0.6) is 5.75 Å². The number of amides is 1. The fourth-order valence-corrected chi connectivity index (χ4v) is 5.42. The highest BCUT2D eigenvalue weighted by Crippen LogP contribution is 2.40. The molecule has 190 valence electrons. The molecule has 38 heavy (non-hydrogen) atoms. The Hall–Kier alpha value is -4.37. The van der Waals surface area contributed by atoms with Gasteiger partial charge in [-0.25, -0.2) is 9.07 Å². The average Bonchev–Trinajstić information content (AvgIpc) is 3.57. The van der Waals surface area contributed by atoms with Crippen LogP contribution in [0.3, 0.4) is 0 Å². The van der Waals surface area contributed by atoms with Crippen molar-refractivity contribution in [2.75, 3.05) is 13.6 Å². The van der Waals surface area contributed by atoms with E-state index in [-0.39, 0.29) is 24.4 Å². The van der Waals surface area contributed by atoms with Crippen molar-refractivity contribution in [3.05, 3.63) is 118 Å². The summed E-state index contributed by atoms with van der Waals surface area (Å²) in [4.78, 5) is 15.2. The van der Waals surface area contributed by atoms with Crippen LogP contribution in [0.4, 0.5) is 4.39 Å². The zero-order valence-electron chi connectivity index (χ0n) is 20.6. The van der Waals surface area contributed by atoms with Gasteiger partial charge in [-0.15, -0.1) is 10.2 Å². The van der Waals surface area contributed by atoms with Crippen molar-refractivity contribution in [1.29, 1.82) is 0 Å². The van der Waals surface area contributed by atoms with Crippen LogP contribution in [0.2, 0.25) is 0 Å². The number of hydrogen-bond donors (Lipinski definition) is 0. The van der Waals surface area contributed by atoms with Crippen LogP contribution in [0, 0.1) is 5.82 Å². The van der Waals surface area contributed by atoms with Gasteiger partial charge in [-0.3, -0.25) is 4.79 Å². The maximum atomic E-state index is 13.5. The molecule has 0 radical (unpaired) electrons. The molecular weight excluding hydrogens is 501 g/mol. The molecule has 0 saturated heterocycles. The molecule has 5 aromatic rings. The molecule has 0 aliphatic carbocycles. The van der Waals surface area contributed by atoms with Gasteiger partial charge in [0.2, 0.25) is 0 Å². The molecule has 0 saturated carbocycles. The fourth-order valence-electron chi connectivity index (χ4n) is 4.57. The molecule has 2 aromatic heterocycles. The van der Waals surface area contributed by atoms with Crippen molar-refractivity contribution in [3.8, 4) is 16.5 Å². The molecule has 1 aliphatic heterocycles. The van der Waals surface area contributed by atoms with Crippen molar-refractivity contribution < 1.29 is 13.9 Å². The number of rotatable bonds is 7. The Labute approximate surface area is 223 Å². The van der Waals surface area contributed by atoms with Crippen molar-refractivity contribution in [3.63, 3.8) is 0 Å². The first-order valence-electron chi connectivity index (χ1n) is 12.2. The molecular formula is C29H24FN5O2S. The second-order valence-corrected chi connectivity index (χ2v) is 10.2. The summed E-state index contributed by atoms with van der Waals surface area (Å²) in [5.74, 6) is -0.0380. The molecule has 1 unspecified atom stereocenters. The van der Waals surface area contributed by atoms with Gasteiger partial charge in [0, 0.05) is 20.0 Å². The van der Waals surface area contributed by atoms with E-state index in [2.05, 4.69) is 10.2 Å². The van der Waals surface area contributed by atoms with E-state index in [1.807, 2.05) is 60.7 Å². The largest absolute Gasteiger partial charge is 0.484 e. The Morgan fingerprint density at radius 3 is 2.39 bits per heavy atom. The van der Waals surface area contributed by atoms with Gasteiger partial charge in [-0.1, -0.05) is 84.1 Å². The Morgan fingerprint density at radius 1 is 0.947 bits per heavy atom. The monoisotopic (exact) mass is 525 g/mol. The summed E-state index contributed by atoms with van der Waals surface area (Å²) in [5, 5.41) is 15.0. The number of benzene rings is 3. The van der Waals surface area contributed by atoms with Gasteiger partial charge < -0.3 is 9.64 Å². The number of likely N-dealkylation sites (N-methyl/N-ethyl adjacent to an activating group) is 1. The second kappa shape index (κ2) is 10.2. The van der Waals surface area contributed by atoms with Gasteiger partial charge in [0.1, 0.15) is 17.4 Å². The van der Waals surface area contributed by atoms with Crippen LogP contribution < -0.4 is 4.74 Å². The average molecular weight is 526 g/mol. The topological polar surface area (TPSA) is 73.1 Å². The van der Waals surface area contributed by atoms with E-state index in [0.717, 1.165) is 21.7 Å². The van der Waals surface area contributed by atoms with Crippen LogP contribution in [0.25, 0.3) is 10.7 Å². The summed E-state index contributed by atoms with van der Waals surface area (Å²) in [6.45, 7) is 0.766. The highest BCUT2D eigenvalue weighted by molar-refractivity contribution is 7.14. The minimum Gasteiger partial charge on any atom is -0.484 e. The van der Waals surface area contributed by atoms with E-state index >= 15 is 0 Å². The molecule has 3 heterocycles. The first-order chi connectivity index (χ1) is 18.6. The van der Waals surface area contributed by atoms with Gasteiger partial charge in [0.05, 0.1) is 6.04 Å². The molecule has 0 bridgehead atoms. The quantitative estimate of drug-likeness (QED) is 0.285. The van der Waals surface area contributed by atoms with E-state index in [9.17, 15) is 9.18 Å². The van der Waals surface area contributed by atoms with Crippen molar-refractivity contribution in [1.82, 2.24) is 24.9 Å². The number of hydrogen-bond acceptors (Lipinski definition) is 6. The predicted molar refractivity (Wildman–Crippen MR) is 143 cm³/mol. The number of carbonyl (C=O) groups excluding carboxylic acids is 1. The third-order valence-electron chi connectivity index (χ3n) is 6.51. The maximum absolute atomic E-state index is 13.5. The van der Waals surface area contributed by atoms with Gasteiger partial charge in [0.15, 0.2) is 22.1 Å². The van der Waals surface area contributed by atoms with Crippen LogP contribution in [-0.4, -0.2) is 44.4 Å². The third kappa shape index (κ3) is 4.68. The second-order valence-electron chi connectivity index (χ2n) is 9.16. The molecule has 1 atom stereocenters. The predicted octanol–water partition coefficient (Wildman–Crippen LogP) is 5.39.